The molecule has 23 heavy (non-hydrogen) atoms. The van der Waals surface area contributed by atoms with E-state index in [0.717, 1.165) is 11.1 Å². The number of urea groups is 1. The second-order valence-electron chi connectivity index (χ2n) is 5.23. The summed E-state index contributed by atoms with van der Waals surface area (Å²) in [6, 6.07) is 4.49. The molecule has 0 unspecified atom stereocenters. The zero-order chi connectivity index (χ0) is 17.6. The van der Waals surface area contributed by atoms with Crippen LogP contribution in [0.1, 0.15) is 41.3 Å². The first-order valence-electron chi connectivity index (χ1n) is 7.11. The van der Waals surface area contributed by atoms with Crippen molar-refractivity contribution in [2.75, 3.05) is 0 Å². The topological polar surface area (TPSA) is 116 Å². The Bertz CT molecular complexity index is 639. The van der Waals surface area contributed by atoms with E-state index >= 15 is 0 Å². The molecule has 1 aromatic rings. The van der Waals surface area contributed by atoms with Gasteiger partial charge in [0.15, 0.2) is 11.9 Å². The predicted molar refractivity (Wildman–Crippen MR) is 82.8 cm³/mol. The highest BCUT2D eigenvalue weighted by Crippen LogP contribution is 2.14. The van der Waals surface area contributed by atoms with E-state index in [4.69, 9.17) is 10.5 Å². The number of benzene rings is 1. The van der Waals surface area contributed by atoms with Crippen molar-refractivity contribution in [3.05, 3.63) is 34.9 Å². The summed E-state index contributed by atoms with van der Waals surface area (Å²) >= 11 is 0. The zero-order valence-corrected chi connectivity index (χ0v) is 13.3. The van der Waals surface area contributed by atoms with Crippen molar-refractivity contribution in [3.8, 4) is 0 Å². The van der Waals surface area contributed by atoms with Gasteiger partial charge in [-0.2, -0.15) is 0 Å². The van der Waals surface area contributed by atoms with E-state index in [2.05, 4.69) is 0 Å². The van der Waals surface area contributed by atoms with Crippen molar-refractivity contribution in [3.63, 3.8) is 0 Å². The molecule has 7 heteroatoms. The average Bonchev–Trinajstić information content (AvgIpc) is 2.46. The summed E-state index contributed by atoms with van der Waals surface area (Å²) in [5, 5.41) is 1.81. The van der Waals surface area contributed by atoms with Gasteiger partial charge < -0.3 is 10.5 Å². The summed E-state index contributed by atoms with van der Waals surface area (Å²) in [5.41, 5.74) is 7.16. The Kier molecular flexibility index (Phi) is 6.44. The molecular formula is C16H20N2O5. The lowest BCUT2D eigenvalue weighted by Gasteiger charge is -2.12. The van der Waals surface area contributed by atoms with Crippen LogP contribution in [0.3, 0.4) is 0 Å². The van der Waals surface area contributed by atoms with Crippen LogP contribution in [0.2, 0.25) is 0 Å². The second kappa shape index (κ2) is 8.07. The molecule has 0 saturated heterocycles. The van der Waals surface area contributed by atoms with Crippen LogP contribution in [-0.2, 0) is 14.3 Å². The van der Waals surface area contributed by atoms with E-state index in [0.29, 0.717) is 5.56 Å². The minimum Gasteiger partial charge on any atom is -0.453 e. The number of carbonyl (C=O) groups excluding carboxylic acids is 4. The number of imide groups is 1. The molecular weight excluding hydrogens is 300 g/mol. The Morgan fingerprint density at radius 1 is 1.17 bits per heavy atom. The number of hydrogen-bond acceptors (Lipinski definition) is 5. The number of Topliss-reactive ketones (excluding diaryl/α,β-unsaturated/α-hetero) is 1. The van der Waals surface area contributed by atoms with Gasteiger partial charge in [-0.1, -0.05) is 17.7 Å². The number of hydrogen-bond donors (Lipinski definition) is 2. The number of carbonyl (C=O) groups is 4. The Hall–Kier alpha value is -2.70. The minimum atomic E-state index is -1.16. The molecule has 3 N–H and O–H groups in total. The number of primary amides is 1. The zero-order valence-electron chi connectivity index (χ0n) is 13.3. The third kappa shape index (κ3) is 5.90. The first-order chi connectivity index (χ1) is 10.7. The number of nitrogens with one attached hydrogen (secondary N) is 1. The van der Waals surface area contributed by atoms with Gasteiger partial charge >= 0.3 is 12.0 Å². The first-order valence-corrected chi connectivity index (χ1v) is 7.11. The fourth-order valence-electron chi connectivity index (χ4n) is 1.92. The Morgan fingerprint density at radius 2 is 1.83 bits per heavy atom. The van der Waals surface area contributed by atoms with Crippen molar-refractivity contribution in [2.24, 2.45) is 5.73 Å². The van der Waals surface area contributed by atoms with Crippen molar-refractivity contribution >= 4 is 23.7 Å². The molecule has 1 rings (SSSR count). The van der Waals surface area contributed by atoms with E-state index in [-0.39, 0.29) is 18.6 Å². The van der Waals surface area contributed by atoms with E-state index in [1.165, 1.54) is 6.92 Å². The Labute approximate surface area is 134 Å². The standard InChI is InChI=1S/C16H20N2O5/c1-9-4-5-10(2)12(8-9)13(19)6-7-14(20)23-11(3)15(21)18-16(17)22/h4-5,8,11H,6-7H2,1-3H3,(H3,17,18,21,22)/t11-/m1/s1. The molecule has 0 fully saturated rings. The first kappa shape index (κ1) is 18.3. The van der Waals surface area contributed by atoms with Crippen LogP contribution in [0.5, 0.6) is 0 Å². The van der Waals surface area contributed by atoms with Crippen LogP contribution in [0, 0.1) is 13.8 Å². The van der Waals surface area contributed by atoms with Gasteiger partial charge in [-0.25, -0.2) is 4.79 Å². The third-order valence-electron chi connectivity index (χ3n) is 3.17. The van der Waals surface area contributed by atoms with E-state index in [1.807, 2.05) is 31.3 Å². The fourth-order valence-corrected chi connectivity index (χ4v) is 1.92. The van der Waals surface area contributed by atoms with Crippen molar-refractivity contribution < 1.29 is 23.9 Å². The van der Waals surface area contributed by atoms with Gasteiger partial charge in [0, 0.05) is 12.0 Å². The summed E-state index contributed by atoms with van der Waals surface area (Å²) in [6.07, 6.45) is -1.33. The van der Waals surface area contributed by atoms with Gasteiger partial charge in [0.2, 0.25) is 0 Å². The lowest BCUT2D eigenvalue weighted by atomic mass is 9.99. The maximum Gasteiger partial charge on any atom is 0.318 e. The molecule has 1 aromatic carbocycles. The molecule has 0 aliphatic heterocycles. The van der Waals surface area contributed by atoms with Crippen molar-refractivity contribution in [1.29, 1.82) is 0 Å². The lowest BCUT2D eigenvalue weighted by molar-refractivity contribution is -0.154. The normalized spacial score (nSPS) is 11.4. The SMILES string of the molecule is Cc1ccc(C)c(C(=O)CCC(=O)O[C@H](C)C(=O)NC(N)=O)c1. The lowest BCUT2D eigenvalue weighted by Crippen LogP contribution is -2.42. The molecule has 0 heterocycles. The largest absolute Gasteiger partial charge is 0.453 e. The molecule has 0 aromatic heterocycles. The molecule has 3 amide bonds. The van der Waals surface area contributed by atoms with Crippen LogP contribution in [0.15, 0.2) is 18.2 Å². The molecule has 0 bridgehead atoms. The van der Waals surface area contributed by atoms with Gasteiger partial charge in [0.25, 0.3) is 5.91 Å². The van der Waals surface area contributed by atoms with E-state index in [1.54, 1.807) is 6.07 Å². The molecule has 0 saturated carbocycles. The van der Waals surface area contributed by atoms with Gasteiger partial charge in [-0.05, 0) is 32.4 Å². The highest BCUT2D eigenvalue weighted by Gasteiger charge is 2.20. The number of esters is 1. The van der Waals surface area contributed by atoms with Crippen LogP contribution < -0.4 is 11.1 Å². The van der Waals surface area contributed by atoms with Crippen LogP contribution in [0.4, 0.5) is 4.79 Å². The fraction of sp³-hybridized carbons (Fsp3) is 0.375. The molecule has 0 aliphatic rings. The smallest absolute Gasteiger partial charge is 0.318 e. The number of nitrogens with two attached hydrogens (primary N) is 1. The maximum atomic E-state index is 12.1. The summed E-state index contributed by atoms with van der Waals surface area (Å²) in [6.45, 7) is 5.01. The number of rotatable bonds is 6. The quantitative estimate of drug-likeness (QED) is 0.607. The third-order valence-corrected chi connectivity index (χ3v) is 3.17. The van der Waals surface area contributed by atoms with Crippen molar-refractivity contribution in [1.82, 2.24) is 5.32 Å². The number of amides is 3. The van der Waals surface area contributed by atoms with Gasteiger partial charge in [0.1, 0.15) is 0 Å². The molecule has 1 atom stereocenters. The minimum absolute atomic E-state index is 0.0206. The average molecular weight is 320 g/mol. The van der Waals surface area contributed by atoms with Gasteiger partial charge in [0.05, 0.1) is 6.42 Å². The molecule has 0 spiro atoms. The van der Waals surface area contributed by atoms with Crippen LogP contribution >= 0.6 is 0 Å². The van der Waals surface area contributed by atoms with Gasteiger partial charge in [-0.3, -0.25) is 19.7 Å². The monoisotopic (exact) mass is 320 g/mol. The van der Waals surface area contributed by atoms with E-state index < -0.39 is 24.0 Å². The highest BCUT2D eigenvalue weighted by atomic mass is 16.5. The summed E-state index contributed by atoms with van der Waals surface area (Å²) < 4.78 is 4.84. The predicted octanol–water partition coefficient (Wildman–Crippen LogP) is 1.39. The van der Waals surface area contributed by atoms with Crippen molar-refractivity contribution in [2.45, 2.75) is 39.7 Å². The summed E-state index contributed by atoms with van der Waals surface area (Å²) in [4.78, 5) is 45.7. The Morgan fingerprint density at radius 3 is 2.43 bits per heavy atom. The van der Waals surface area contributed by atoms with E-state index in [9.17, 15) is 19.2 Å². The summed E-state index contributed by atoms with van der Waals surface area (Å²) in [5.74, 6) is -1.68. The Balaban J connectivity index is 2.52. The molecule has 0 aliphatic carbocycles. The molecule has 0 radical (unpaired) electrons. The van der Waals surface area contributed by atoms with Gasteiger partial charge in [-0.15, -0.1) is 0 Å². The number of ether oxygens (including phenoxy) is 1. The molecule has 124 valence electrons. The number of ketones is 1. The maximum absolute atomic E-state index is 12.1. The van der Waals surface area contributed by atoms with Crippen LogP contribution in [-0.4, -0.2) is 29.8 Å². The van der Waals surface area contributed by atoms with Crippen LogP contribution in [0.25, 0.3) is 0 Å². The number of aryl methyl sites for hydroxylation is 2. The highest BCUT2D eigenvalue weighted by molar-refractivity contribution is 5.99. The second-order valence-corrected chi connectivity index (χ2v) is 5.23. The molecule has 7 nitrogen and oxygen atoms in total. The summed E-state index contributed by atoms with van der Waals surface area (Å²) in [7, 11) is 0.